The van der Waals surface area contributed by atoms with Gasteiger partial charge >= 0.3 is 186 Å². The molecule has 1 aromatic rings. The van der Waals surface area contributed by atoms with Crippen LogP contribution in [0.5, 0.6) is 5.75 Å². The molecule has 0 radical (unpaired) electrons. The van der Waals surface area contributed by atoms with Gasteiger partial charge in [-0.3, -0.25) is 0 Å². The fourth-order valence-electron chi connectivity index (χ4n) is 5.52. The standard InChI is InChI=1S/C23H31F3IN3O2S/c1-30(21(28-27-30)17-7-10-31-11-8-17)16-33-12-2-9-29-14-19-13-22(19,15-29)18-3-5-20(6-4-18)32-23(24,25)26/h3-6,17,19H,2,7-16H2,1H3. The van der Waals surface area contributed by atoms with E-state index in [4.69, 9.17) is 7.94 Å². The first-order valence-corrected chi connectivity index (χ1v) is 14.7. The van der Waals surface area contributed by atoms with Gasteiger partial charge in [-0.1, -0.05) is 0 Å². The van der Waals surface area contributed by atoms with Gasteiger partial charge in [0.05, 0.1) is 0 Å². The van der Waals surface area contributed by atoms with Crippen LogP contribution in [0.3, 0.4) is 0 Å². The number of piperidine rings is 1. The summed E-state index contributed by atoms with van der Waals surface area (Å²) in [6.45, 7) is 4.96. The van der Waals surface area contributed by atoms with E-state index in [2.05, 4.69) is 28.4 Å². The normalized spacial score (nSPS) is 32.5. The molecule has 2 saturated heterocycles. The average Bonchev–Trinajstić information content (AvgIpc) is 3.34. The Morgan fingerprint density at radius 2 is 2.03 bits per heavy atom. The number of ether oxygens (including phenoxy) is 2. The first-order valence-electron chi connectivity index (χ1n) is 11.6. The van der Waals surface area contributed by atoms with Gasteiger partial charge in [-0.25, -0.2) is 0 Å². The molecular formula is C23H31F3IN3O2S. The molecule has 10 heteroatoms. The summed E-state index contributed by atoms with van der Waals surface area (Å²) in [5.74, 6) is 4.84. The zero-order chi connectivity index (χ0) is 23.1. The summed E-state index contributed by atoms with van der Waals surface area (Å²) >= 11 is 1.94. The van der Waals surface area contributed by atoms with Gasteiger partial charge in [0, 0.05) is 0 Å². The molecule has 5 nitrogen and oxygen atoms in total. The Kier molecular flexibility index (Phi) is 6.94. The summed E-state index contributed by atoms with van der Waals surface area (Å²) in [6, 6.07) is 6.54. The summed E-state index contributed by atoms with van der Waals surface area (Å²) in [5, 5.41) is 0. The van der Waals surface area contributed by atoms with Crippen molar-refractivity contribution in [3.63, 3.8) is 0 Å². The fourth-order valence-corrected chi connectivity index (χ4v) is 9.46. The molecule has 1 aromatic carbocycles. The maximum absolute atomic E-state index is 12.4. The third-order valence-corrected chi connectivity index (χ3v) is 11.6. The second-order valence-electron chi connectivity index (χ2n) is 9.73. The van der Waals surface area contributed by atoms with Crippen molar-refractivity contribution in [1.29, 1.82) is 0 Å². The summed E-state index contributed by atoms with van der Waals surface area (Å²) in [4.78, 5) is 2.54. The first kappa shape index (κ1) is 24.1. The number of halogens is 4. The monoisotopic (exact) mass is 597 g/mol. The second kappa shape index (κ2) is 9.48. The number of rotatable bonds is 9. The third kappa shape index (κ3) is 5.34. The van der Waals surface area contributed by atoms with Gasteiger partial charge in [-0.15, -0.1) is 13.2 Å². The molecule has 0 N–H and O–H groups in total. The summed E-state index contributed by atoms with van der Waals surface area (Å²) in [5.41, 5.74) is 1.29. The molecule has 0 spiro atoms. The Labute approximate surface area is 208 Å². The number of nitrogens with zero attached hydrogens (tertiary/aromatic N) is 3. The summed E-state index contributed by atoms with van der Waals surface area (Å²) in [7, 11) is 2.36. The number of hydrogen-bond acceptors (Lipinski definition) is 5. The van der Waals surface area contributed by atoms with Crippen LogP contribution >= 0.6 is 11.8 Å². The molecular weight excluding hydrogens is 566 g/mol. The zero-order valence-electron chi connectivity index (χ0n) is 18.8. The molecule has 4 aliphatic rings. The van der Waals surface area contributed by atoms with Gasteiger partial charge in [0.2, 0.25) is 0 Å². The Morgan fingerprint density at radius 3 is 2.70 bits per heavy atom. The number of quaternary nitrogens is 1. The van der Waals surface area contributed by atoms with Crippen molar-refractivity contribution >= 4 is 17.6 Å². The number of benzene rings is 1. The Bertz CT molecular complexity index is 881. The van der Waals surface area contributed by atoms with E-state index in [0.717, 1.165) is 72.0 Å². The van der Waals surface area contributed by atoms with E-state index >= 15 is 0 Å². The predicted octanol–water partition coefficient (Wildman–Crippen LogP) is 1.44. The topological polar surface area (TPSA) is 34.1 Å². The number of likely N-dealkylation sites (tertiary alicyclic amines) is 1. The van der Waals surface area contributed by atoms with Gasteiger partial charge in [0.15, 0.2) is 0 Å². The van der Waals surface area contributed by atoms with Gasteiger partial charge in [-0.2, -0.15) is 0 Å². The molecule has 1 saturated carbocycles. The molecule has 0 bridgehead atoms. The predicted molar refractivity (Wildman–Crippen MR) is 118 cm³/mol. The van der Waals surface area contributed by atoms with Crippen molar-refractivity contribution in [2.75, 3.05) is 51.5 Å². The van der Waals surface area contributed by atoms with Gasteiger partial charge in [0.1, 0.15) is 5.75 Å². The minimum absolute atomic E-state index is 0.119. The number of fused-ring (bicyclic) bond motifs is 1. The molecule has 3 aliphatic heterocycles. The van der Waals surface area contributed by atoms with Crippen LogP contribution in [0.25, 0.3) is 0 Å². The maximum atomic E-state index is 12.4. The van der Waals surface area contributed by atoms with Crippen molar-refractivity contribution in [3.8, 4) is 5.75 Å². The third-order valence-electron chi connectivity index (χ3n) is 7.33. The van der Waals surface area contributed by atoms with Gasteiger partial charge in [0.25, 0.3) is 0 Å². The van der Waals surface area contributed by atoms with Crippen molar-refractivity contribution in [3.05, 3.63) is 29.8 Å². The summed E-state index contributed by atoms with van der Waals surface area (Å²) in [6.07, 6.45) is -0.0759. The molecule has 0 amide bonds. The minimum atomic E-state index is -4.64. The first-order chi connectivity index (χ1) is 15.8. The second-order valence-corrected chi connectivity index (χ2v) is 13.8. The van der Waals surface area contributed by atoms with Crippen LogP contribution < -0.4 is 26.5 Å². The number of hydrogen-bond donors (Lipinski definition) is 0. The molecule has 0 aromatic heterocycles. The molecule has 3 heterocycles. The molecule has 1 aliphatic carbocycles. The Balaban J connectivity index is 1.03. The van der Waals surface area contributed by atoms with Crippen LogP contribution in [0.4, 0.5) is 13.2 Å². The van der Waals surface area contributed by atoms with E-state index in [1.807, 2.05) is 12.1 Å². The Hall–Kier alpha value is -0.560. The van der Waals surface area contributed by atoms with Crippen molar-refractivity contribution in [2.45, 2.75) is 37.5 Å². The van der Waals surface area contributed by atoms with E-state index in [-0.39, 0.29) is 32.9 Å². The number of thioether (sulfide) groups is 1. The number of amidine groups is 1. The van der Waals surface area contributed by atoms with E-state index in [1.54, 1.807) is 0 Å². The van der Waals surface area contributed by atoms with E-state index < -0.39 is 6.36 Å². The van der Waals surface area contributed by atoms with Gasteiger partial charge < -0.3 is 4.74 Å². The summed E-state index contributed by atoms with van der Waals surface area (Å²) < 4.78 is 52.7. The van der Waals surface area contributed by atoms with E-state index in [9.17, 15) is 13.2 Å². The zero-order valence-corrected chi connectivity index (χ0v) is 21.8. The van der Waals surface area contributed by atoms with Crippen molar-refractivity contribution in [2.24, 2.45) is 15.0 Å². The molecule has 5 rings (SSSR count). The van der Waals surface area contributed by atoms with E-state index in [1.165, 1.54) is 24.4 Å². The van der Waals surface area contributed by atoms with Crippen molar-refractivity contribution in [1.82, 2.24) is 4.90 Å². The van der Waals surface area contributed by atoms with Crippen LogP contribution in [0, 0.1) is 11.8 Å². The molecule has 184 valence electrons. The SMILES string of the molecule is C[N+]1(CSCCCN2CC3CC3(c3ccc(OC(F)(F)F)cc3)C2)[I-]N=C1C1CCOCC1. The quantitative estimate of drug-likeness (QED) is 0.245. The van der Waals surface area contributed by atoms with Crippen LogP contribution in [0.2, 0.25) is 0 Å². The number of alkyl halides is 3. The van der Waals surface area contributed by atoms with Crippen LogP contribution in [0.1, 0.15) is 31.2 Å². The molecule has 3 atom stereocenters. The van der Waals surface area contributed by atoms with Crippen molar-refractivity contribution < 1.29 is 47.1 Å². The van der Waals surface area contributed by atoms with E-state index in [0.29, 0.717) is 11.8 Å². The average molecular weight is 597 g/mol. The molecule has 3 unspecified atom stereocenters. The van der Waals surface area contributed by atoms with Crippen LogP contribution in [-0.2, 0) is 10.2 Å². The van der Waals surface area contributed by atoms with Crippen LogP contribution in [0.15, 0.2) is 27.5 Å². The molecule has 33 heavy (non-hydrogen) atoms. The fraction of sp³-hybridized carbons (Fsp3) is 0.696. The van der Waals surface area contributed by atoms with Crippen LogP contribution in [-0.4, -0.2) is 71.3 Å². The van der Waals surface area contributed by atoms with Gasteiger partial charge in [-0.05, 0) is 0 Å². The molecule has 3 fully saturated rings. The Morgan fingerprint density at radius 1 is 1.27 bits per heavy atom.